The molecule has 0 unspecified atom stereocenters. The van der Waals surface area contributed by atoms with Gasteiger partial charge in [-0.25, -0.2) is 18.0 Å². The van der Waals surface area contributed by atoms with Crippen LogP contribution in [0, 0.1) is 17.5 Å². The Kier molecular flexibility index (Phi) is 4.61. The second-order valence-electron chi connectivity index (χ2n) is 6.13. The lowest BCUT2D eigenvalue weighted by Gasteiger charge is -2.22. The molecule has 2 aromatic rings. The van der Waals surface area contributed by atoms with Crippen molar-refractivity contribution in [3.05, 3.63) is 65.5 Å². The molecule has 0 bridgehead atoms. The topological polar surface area (TPSA) is 78.5 Å². The van der Waals surface area contributed by atoms with Crippen molar-refractivity contribution in [3.8, 4) is 0 Å². The van der Waals surface area contributed by atoms with Crippen molar-refractivity contribution in [3.63, 3.8) is 0 Å². The molecule has 3 rings (SSSR count). The van der Waals surface area contributed by atoms with E-state index in [0.717, 1.165) is 30.3 Å². The SMILES string of the molecule is C[C@@]1(c2cc(F)ccc2F)NC(=O)N(CC(=O)Nc2ccc(F)cc2)C1=O. The molecule has 2 N–H and O–H groups in total. The molecule has 0 aromatic heterocycles. The van der Waals surface area contributed by atoms with Gasteiger partial charge in [0.25, 0.3) is 5.91 Å². The summed E-state index contributed by atoms with van der Waals surface area (Å²) < 4.78 is 40.4. The Morgan fingerprint density at radius 3 is 2.37 bits per heavy atom. The van der Waals surface area contributed by atoms with Crippen LogP contribution in [0.4, 0.5) is 23.7 Å². The van der Waals surface area contributed by atoms with Crippen LogP contribution in [0.25, 0.3) is 0 Å². The van der Waals surface area contributed by atoms with Crippen LogP contribution < -0.4 is 10.6 Å². The molecule has 1 heterocycles. The predicted octanol–water partition coefficient (Wildman–Crippen LogP) is 2.51. The lowest BCUT2D eigenvalue weighted by Crippen LogP contribution is -2.42. The summed E-state index contributed by atoms with van der Waals surface area (Å²) in [5, 5.41) is 4.70. The summed E-state index contributed by atoms with van der Waals surface area (Å²) >= 11 is 0. The van der Waals surface area contributed by atoms with Crippen molar-refractivity contribution in [2.75, 3.05) is 11.9 Å². The molecule has 1 aliphatic rings. The van der Waals surface area contributed by atoms with E-state index in [-0.39, 0.29) is 11.3 Å². The van der Waals surface area contributed by atoms with E-state index in [1.54, 1.807) is 0 Å². The summed E-state index contributed by atoms with van der Waals surface area (Å²) in [6.45, 7) is 0.581. The van der Waals surface area contributed by atoms with E-state index in [9.17, 15) is 27.6 Å². The van der Waals surface area contributed by atoms with Gasteiger partial charge in [0, 0.05) is 11.3 Å². The number of rotatable bonds is 4. The second kappa shape index (κ2) is 6.75. The van der Waals surface area contributed by atoms with E-state index < -0.39 is 47.4 Å². The molecular weight excluding hydrogens is 363 g/mol. The fraction of sp³-hybridized carbons (Fsp3) is 0.167. The fourth-order valence-corrected chi connectivity index (χ4v) is 2.78. The number of benzene rings is 2. The van der Waals surface area contributed by atoms with E-state index in [1.165, 1.54) is 19.1 Å². The van der Waals surface area contributed by atoms with Gasteiger partial charge < -0.3 is 10.6 Å². The van der Waals surface area contributed by atoms with E-state index in [4.69, 9.17) is 0 Å². The molecule has 1 saturated heterocycles. The number of urea groups is 1. The maximum Gasteiger partial charge on any atom is 0.325 e. The average molecular weight is 377 g/mol. The maximum atomic E-state index is 14.1. The Morgan fingerprint density at radius 2 is 1.70 bits per heavy atom. The van der Waals surface area contributed by atoms with Gasteiger partial charge in [-0.1, -0.05) is 0 Å². The minimum Gasteiger partial charge on any atom is -0.325 e. The molecule has 1 aliphatic heterocycles. The van der Waals surface area contributed by atoms with Crippen molar-refractivity contribution >= 4 is 23.5 Å². The van der Waals surface area contributed by atoms with Crippen molar-refractivity contribution in [1.29, 1.82) is 0 Å². The van der Waals surface area contributed by atoms with E-state index >= 15 is 0 Å². The Balaban J connectivity index is 1.78. The molecule has 27 heavy (non-hydrogen) atoms. The first-order chi connectivity index (χ1) is 12.7. The number of amides is 4. The van der Waals surface area contributed by atoms with E-state index in [2.05, 4.69) is 10.6 Å². The van der Waals surface area contributed by atoms with Gasteiger partial charge >= 0.3 is 6.03 Å². The summed E-state index contributed by atoms with van der Waals surface area (Å²) in [7, 11) is 0. The summed E-state index contributed by atoms with van der Waals surface area (Å²) in [5.74, 6) is -3.75. The molecule has 0 saturated carbocycles. The van der Waals surface area contributed by atoms with E-state index in [1.807, 2.05) is 0 Å². The summed E-state index contributed by atoms with van der Waals surface area (Å²) in [6, 6.07) is 6.52. The molecule has 2 aromatic carbocycles. The smallest absolute Gasteiger partial charge is 0.325 e. The molecule has 0 radical (unpaired) electrons. The fourth-order valence-electron chi connectivity index (χ4n) is 2.78. The zero-order valence-electron chi connectivity index (χ0n) is 14.1. The maximum absolute atomic E-state index is 14.1. The Labute approximate surface area is 152 Å². The first kappa shape index (κ1) is 18.4. The highest BCUT2D eigenvalue weighted by Gasteiger charge is 2.50. The van der Waals surface area contributed by atoms with Gasteiger partial charge in [-0.3, -0.25) is 14.5 Å². The molecular formula is C18H14F3N3O3. The summed E-state index contributed by atoms with van der Waals surface area (Å²) in [6.07, 6.45) is 0. The second-order valence-corrected chi connectivity index (χ2v) is 6.13. The largest absolute Gasteiger partial charge is 0.325 e. The normalized spacial score (nSPS) is 19.2. The van der Waals surface area contributed by atoms with Crippen LogP contribution in [0.15, 0.2) is 42.5 Å². The molecule has 140 valence electrons. The van der Waals surface area contributed by atoms with Crippen molar-refractivity contribution in [1.82, 2.24) is 10.2 Å². The third-order valence-electron chi connectivity index (χ3n) is 4.17. The van der Waals surface area contributed by atoms with Gasteiger partial charge in [0.1, 0.15) is 29.5 Å². The van der Waals surface area contributed by atoms with Crippen molar-refractivity contribution in [2.45, 2.75) is 12.5 Å². The van der Waals surface area contributed by atoms with Crippen LogP contribution in [0.3, 0.4) is 0 Å². The average Bonchev–Trinajstić information content (AvgIpc) is 2.83. The van der Waals surface area contributed by atoms with Crippen LogP contribution >= 0.6 is 0 Å². The Hall–Kier alpha value is -3.36. The number of imide groups is 1. The van der Waals surface area contributed by atoms with Gasteiger partial charge in [0.2, 0.25) is 5.91 Å². The van der Waals surface area contributed by atoms with Gasteiger partial charge in [-0.05, 0) is 49.4 Å². The monoisotopic (exact) mass is 377 g/mol. The van der Waals surface area contributed by atoms with Gasteiger partial charge in [0.05, 0.1) is 0 Å². The van der Waals surface area contributed by atoms with Gasteiger partial charge in [-0.2, -0.15) is 0 Å². The minimum absolute atomic E-state index is 0.271. The third-order valence-corrected chi connectivity index (χ3v) is 4.17. The standard InChI is InChI=1S/C18H14F3N3O3/c1-18(13-8-11(20)4-7-14(13)21)16(26)24(17(27)23-18)9-15(25)22-12-5-2-10(19)3-6-12/h2-8H,9H2,1H3,(H,22,25)(H,23,27)/t18-/m0/s1. The molecule has 1 fully saturated rings. The minimum atomic E-state index is -1.85. The van der Waals surface area contributed by atoms with E-state index in [0.29, 0.717) is 4.90 Å². The highest BCUT2D eigenvalue weighted by molar-refractivity contribution is 6.10. The Morgan fingerprint density at radius 1 is 1.07 bits per heavy atom. The van der Waals surface area contributed by atoms with Gasteiger partial charge in [-0.15, -0.1) is 0 Å². The van der Waals surface area contributed by atoms with Crippen LogP contribution in [0.1, 0.15) is 12.5 Å². The summed E-state index contributed by atoms with van der Waals surface area (Å²) in [4.78, 5) is 37.5. The zero-order valence-corrected chi connectivity index (χ0v) is 14.1. The first-order valence-electron chi connectivity index (χ1n) is 7.86. The molecule has 0 aliphatic carbocycles. The summed E-state index contributed by atoms with van der Waals surface area (Å²) in [5.41, 5.74) is -1.92. The lowest BCUT2D eigenvalue weighted by molar-refractivity contribution is -0.133. The number of halogens is 3. The molecule has 1 atom stereocenters. The molecule has 4 amide bonds. The Bertz CT molecular complexity index is 933. The predicted molar refractivity (Wildman–Crippen MR) is 89.0 cm³/mol. The molecule has 9 heteroatoms. The number of hydrogen-bond acceptors (Lipinski definition) is 3. The van der Waals surface area contributed by atoms with Crippen LogP contribution in [-0.2, 0) is 15.1 Å². The number of nitrogens with one attached hydrogen (secondary N) is 2. The van der Waals surface area contributed by atoms with Crippen molar-refractivity contribution in [2.24, 2.45) is 0 Å². The van der Waals surface area contributed by atoms with Crippen LogP contribution in [0.2, 0.25) is 0 Å². The number of nitrogens with zero attached hydrogens (tertiary/aromatic N) is 1. The highest BCUT2D eigenvalue weighted by atomic mass is 19.1. The number of carbonyl (C=O) groups excluding carboxylic acids is 3. The zero-order chi connectivity index (χ0) is 19.8. The van der Waals surface area contributed by atoms with Crippen LogP contribution in [-0.4, -0.2) is 29.3 Å². The third kappa shape index (κ3) is 3.48. The lowest BCUT2D eigenvalue weighted by atomic mass is 9.91. The molecule has 0 spiro atoms. The van der Waals surface area contributed by atoms with Crippen LogP contribution in [0.5, 0.6) is 0 Å². The van der Waals surface area contributed by atoms with Crippen molar-refractivity contribution < 1.29 is 27.6 Å². The number of carbonyl (C=O) groups is 3. The molecule has 6 nitrogen and oxygen atoms in total. The number of hydrogen-bond donors (Lipinski definition) is 2. The number of anilines is 1. The quantitative estimate of drug-likeness (QED) is 0.804. The van der Waals surface area contributed by atoms with Gasteiger partial charge in [0.15, 0.2) is 0 Å². The first-order valence-corrected chi connectivity index (χ1v) is 7.86. The highest BCUT2D eigenvalue weighted by Crippen LogP contribution is 2.31.